The lowest BCUT2D eigenvalue weighted by atomic mass is 10.1. The van der Waals surface area contributed by atoms with Crippen LogP contribution in [-0.2, 0) is 17.9 Å². The van der Waals surface area contributed by atoms with Gasteiger partial charge in [0.1, 0.15) is 0 Å². The molecule has 0 bridgehead atoms. The molecule has 0 aromatic heterocycles. The number of benzene rings is 1. The SMILES string of the molecule is CCOCc1ccc(CNC(=NC)NC2CCN(CC(F)(F)F)C2)cc1. The Morgan fingerprint density at radius 1 is 1.27 bits per heavy atom. The van der Waals surface area contributed by atoms with E-state index in [1.165, 1.54) is 4.90 Å². The average molecular weight is 372 g/mol. The Labute approximate surface area is 152 Å². The van der Waals surface area contributed by atoms with Gasteiger partial charge in [0.15, 0.2) is 5.96 Å². The zero-order chi connectivity index (χ0) is 19.0. The number of aliphatic imine (C=N–C) groups is 1. The van der Waals surface area contributed by atoms with Crippen molar-refractivity contribution in [3.8, 4) is 0 Å². The first-order chi connectivity index (χ1) is 12.4. The van der Waals surface area contributed by atoms with Crippen molar-refractivity contribution in [2.45, 2.75) is 38.7 Å². The number of guanidine groups is 1. The Kier molecular flexibility index (Phi) is 7.71. The normalized spacial score (nSPS) is 19.0. The summed E-state index contributed by atoms with van der Waals surface area (Å²) in [7, 11) is 1.66. The van der Waals surface area contributed by atoms with Crippen LogP contribution in [0.1, 0.15) is 24.5 Å². The molecule has 2 rings (SSSR count). The Balaban J connectivity index is 1.76. The van der Waals surface area contributed by atoms with Gasteiger partial charge >= 0.3 is 6.18 Å². The van der Waals surface area contributed by atoms with Gasteiger partial charge in [0.05, 0.1) is 13.2 Å². The van der Waals surface area contributed by atoms with Crippen LogP contribution in [-0.4, -0.2) is 56.4 Å². The molecular weight excluding hydrogens is 345 g/mol. The van der Waals surface area contributed by atoms with Gasteiger partial charge in [-0.25, -0.2) is 0 Å². The van der Waals surface area contributed by atoms with E-state index in [1.54, 1.807) is 7.05 Å². The monoisotopic (exact) mass is 372 g/mol. The van der Waals surface area contributed by atoms with Gasteiger partial charge < -0.3 is 15.4 Å². The second kappa shape index (κ2) is 9.78. The van der Waals surface area contributed by atoms with E-state index in [-0.39, 0.29) is 6.04 Å². The van der Waals surface area contributed by atoms with Crippen LogP contribution in [0.2, 0.25) is 0 Å². The predicted octanol–water partition coefficient (Wildman–Crippen LogP) is 2.52. The van der Waals surface area contributed by atoms with Gasteiger partial charge in [0.2, 0.25) is 0 Å². The van der Waals surface area contributed by atoms with Gasteiger partial charge in [-0.3, -0.25) is 9.89 Å². The fourth-order valence-corrected chi connectivity index (χ4v) is 2.89. The maximum Gasteiger partial charge on any atom is 0.401 e. The number of nitrogens with zero attached hydrogens (tertiary/aromatic N) is 2. The van der Waals surface area contributed by atoms with Crippen molar-refractivity contribution in [1.29, 1.82) is 0 Å². The van der Waals surface area contributed by atoms with E-state index in [0.717, 1.165) is 11.1 Å². The van der Waals surface area contributed by atoms with E-state index in [0.29, 0.717) is 45.2 Å². The second-order valence-corrected chi connectivity index (χ2v) is 6.36. The minimum absolute atomic E-state index is 0.0304. The first-order valence-corrected chi connectivity index (χ1v) is 8.81. The maximum atomic E-state index is 12.5. The Morgan fingerprint density at radius 3 is 2.58 bits per heavy atom. The van der Waals surface area contributed by atoms with Crippen LogP contribution in [0.5, 0.6) is 0 Å². The Hall–Kier alpha value is -1.80. The van der Waals surface area contributed by atoms with Gasteiger partial charge in [-0.1, -0.05) is 24.3 Å². The fraction of sp³-hybridized carbons (Fsp3) is 0.611. The number of rotatable bonds is 7. The molecule has 0 radical (unpaired) electrons. The highest BCUT2D eigenvalue weighted by atomic mass is 19.4. The highest BCUT2D eigenvalue weighted by molar-refractivity contribution is 5.80. The molecule has 1 unspecified atom stereocenters. The summed E-state index contributed by atoms with van der Waals surface area (Å²) in [6, 6.07) is 8.06. The molecule has 1 heterocycles. The Bertz CT molecular complexity index is 575. The van der Waals surface area contributed by atoms with Crippen LogP contribution in [0.3, 0.4) is 0 Å². The molecule has 5 nitrogen and oxygen atoms in total. The number of likely N-dealkylation sites (tertiary alicyclic amines) is 1. The standard InChI is InChI=1S/C18H27F3N4O/c1-3-26-12-15-6-4-14(5-7-15)10-23-17(22-2)24-16-8-9-25(11-16)13-18(19,20)21/h4-7,16H,3,8-13H2,1-2H3,(H2,22,23,24). The first-order valence-electron chi connectivity index (χ1n) is 8.81. The summed E-state index contributed by atoms with van der Waals surface area (Å²) in [5.41, 5.74) is 2.21. The number of hydrogen-bond donors (Lipinski definition) is 2. The van der Waals surface area contributed by atoms with Crippen molar-refractivity contribution in [3.63, 3.8) is 0 Å². The van der Waals surface area contributed by atoms with E-state index in [9.17, 15) is 13.2 Å². The smallest absolute Gasteiger partial charge is 0.377 e. The van der Waals surface area contributed by atoms with Crippen molar-refractivity contribution in [3.05, 3.63) is 35.4 Å². The molecule has 1 aromatic rings. The van der Waals surface area contributed by atoms with Crippen molar-refractivity contribution >= 4 is 5.96 Å². The summed E-state index contributed by atoms with van der Waals surface area (Å²) < 4.78 is 42.8. The van der Waals surface area contributed by atoms with E-state index >= 15 is 0 Å². The molecule has 1 fully saturated rings. The van der Waals surface area contributed by atoms with E-state index in [4.69, 9.17) is 4.74 Å². The molecule has 1 aliphatic rings. The van der Waals surface area contributed by atoms with Crippen molar-refractivity contribution in [2.24, 2.45) is 4.99 Å². The van der Waals surface area contributed by atoms with Gasteiger partial charge in [0.25, 0.3) is 0 Å². The molecule has 26 heavy (non-hydrogen) atoms. The molecule has 1 aliphatic heterocycles. The topological polar surface area (TPSA) is 48.9 Å². The molecule has 1 atom stereocenters. The third kappa shape index (κ3) is 7.21. The van der Waals surface area contributed by atoms with Gasteiger partial charge in [0, 0.05) is 39.3 Å². The highest BCUT2D eigenvalue weighted by Gasteiger charge is 2.34. The van der Waals surface area contributed by atoms with Crippen molar-refractivity contribution in [1.82, 2.24) is 15.5 Å². The lowest BCUT2D eigenvalue weighted by molar-refractivity contribution is -0.143. The minimum atomic E-state index is -4.15. The van der Waals surface area contributed by atoms with Gasteiger partial charge in [-0.15, -0.1) is 0 Å². The summed E-state index contributed by atoms with van der Waals surface area (Å²) in [5, 5.41) is 6.41. The molecule has 0 aliphatic carbocycles. The molecule has 0 amide bonds. The molecule has 1 saturated heterocycles. The Morgan fingerprint density at radius 2 is 1.96 bits per heavy atom. The lowest BCUT2D eigenvalue weighted by Crippen LogP contribution is -2.44. The lowest BCUT2D eigenvalue weighted by Gasteiger charge is -2.20. The van der Waals surface area contributed by atoms with Crippen molar-refractivity contribution in [2.75, 3.05) is 33.3 Å². The van der Waals surface area contributed by atoms with Gasteiger partial charge in [-0.2, -0.15) is 13.2 Å². The highest BCUT2D eigenvalue weighted by Crippen LogP contribution is 2.19. The van der Waals surface area contributed by atoms with Crippen LogP contribution < -0.4 is 10.6 Å². The predicted molar refractivity (Wildman–Crippen MR) is 96.0 cm³/mol. The third-order valence-electron chi connectivity index (χ3n) is 4.20. The number of nitrogens with one attached hydrogen (secondary N) is 2. The quantitative estimate of drug-likeness (QED) is 0.570. The molecule has 8 heteroatoms. The average Bonchev–Trinajstić information content (AvgIpc) is 3.02. The fourth-order valence-electron chi connectivity index (χ4n) is 2.89. The minimum Gasteiger partial charge on any atom is -0.377 e. The molecule has 0 saturated carbocycles. The molecule has 2 N–H and O–H groups in total. The van der Waals surface area contributed by atoms with Crippen LogP contribution >= 0.6 is 0 Å². The van der Waals surface area contributed by atoms with Crippen LogP contribution in [0.25, 0.3) is 0 Å². The number of halogens is 3. The summed E-state index contributed by atoms with van der Waals surface area (Å²) in [6.07, 6.45) is -3.48. The molecule has 0 spiro atoms. The summed E-state index contributed by atoms with van der Waals surface area (Å²) in [5.74, 6) is 0.599. The van der Waals surface area contributed by atoms with E-state index in [1.807, 2.05) is 31.2 Å². The maximum absolute atomic E-state index is 12.5. The molecular formula is C18H27F3N4O. The number of hydrogen-bond acceptors (Lipinski definition) is 3. The van der Waals surface area contributed by atoms with Crippen LogP contribution in [0.15, 0.2) is 29.3 Å². The number of ether oxygens (including phenoxy) is 1. The zero-order valence-electron chi connectivity index (χ0n) is 15.3. The zero-order valence-corrected chi connectivity index (χ0v) is 15.3. The first kappa shape index (κ1) is 20.5. The number of alkyl halides is 3. The van der Waals surface area contributed by atoms with Crippen LogP contribution in [0, 0.1) is 0 Å². The third-order valence-corrected chi connectivity index (χ3v) is 4.20. The van der Waals surface area contributed by atoms with E-state index < -0.39 is 12.7 Å². The molecule has 1 aromatic carbocycles. The van der Waals surface area contributed by atoms with E-state index in [2.05, 4.69) is 15.6 Å². The summed E-state index contributed by atoms with van der Waals surface area (Å²) >= 11 is 0. The van der Waals surface area contributed by atoms with Gasteiger partial charge in [-0.05, 0) is 24.5 Å². The molecule has 146 valence electrons. The summed E-state index contributed by atoms with van der Waals surface area (Å²) in [6.45, 7) is 3.79. The second-order valence-electron chi connectivity index (χ2n) is 6.36. The van der Waals surface area contributed by atoms with Crippen LogP contribution in [0.4, 0.5) is 13.2 Å². The summed E-state index contributed by atoms with van der Waals surface area (Å²) in [4.78, 5) is 5.58. The largest absolute Gasteiger partial charge is 0.401 e. The van der Waals surface area contributed by atoms with Crippen molar-refractivity contribution < 1.29 is 17.9 Å².